The van der Waals surface area contributed by atoms with Gasteiger partial charge in [0.1, 0.15) is 5.82 Å². The molecular formula is C11H15N3O2. The number of hydrogen-bond donors (Lipinski definition) is 1. The van der Waals surface area contributed by atoms with Gasteiger partial charge in [0.2, 0.25) is 0 Å². The fourth-order valence-electron chi connectivity index (χ4n) is 1.34. The van der Waals surface area contributed by atoms with E-state index >= 15 is 0 Å². The van der Waals surface area contributed by atoms with Crippen LogP contribution in [-0.4, -0.2) is 34.1 Å². The predicted molar refractivity (Wildman–Crippen MR) is 61.7 cm³/mol. The summed E-state index contributed by atoms with van der Waals surface area (Å²) < 4.78 is 0. The van der Waals surface area contributed by atoms with Crippen LogP contribution in [0.5, 0.6) is 0 Å². The maximum Gasteiger partial charge on any atom is 0.356 e. The quantitative estimate of drug-likeness (QED) is 0.739. The Balaban J connectivity index is 2.94. The largest absolute Gasteiger partial charge is 0.476 e. The van der Waals surface area contributed by atoms with Crippen LogP contribution in [0.1, 0.15) is 23.8 Å². The van der Waals surface area contributed by atoms with E-state index in [9.17, 15) is 4.79 Å². The van der Waals surface area contributed by atoms with Crippen molar-refractivity contribution >= 4 is 11.8 Å². The summed E-state index contributed by atoms with van der Waals surface area (Å²) in [6.07, 6.45) is 5.51. The molecule has 0 saturated carbocycles. The monoisotopic (exact) mass is 221 g/mol. The lowest BCUT2D eigenvalue weighted by Gasteiger charge is -2.20. The average Bonchev–Trinajstić information content (AvgIpc) is 2.29. The number of hydrogen-bond acceptors (Lipinski definition) is 4. The summed E-state index contributed by atoms with van der Waals surface area (Å²) in [6, 6.07) is 0. The van der Waals surface area contributed by atoms with E-state index in [1.165, 1.54) is 6.20 Å². The highest BCUT2D eigenvalue weighted by Crippen LogP contribution is 2.10. The van der Waals surface area contributed by atoms with Crippen LogP contribution in [0.3, 0.4) is 0 Å². The van der Waals surface area contributed by atoms with Crippen molar-refractivity contribution in [2.75, 3.05) is 18.0 Å². The number of carboxylic acids is 1. The minimum absolute atomic E-state index is 0.0392. The lowest BCUT2D eigenvalue weighted by atomic mass is 10.3. The van der Waals surface area contributed by atoms with Gasteiger partial charge in [0, 0.05) is 13.1 Å². The van der Waals surface area contributed by atoms with Crippen molar-refractivity contribution in [1.82, 2.24) is 9.97 Å². The lowest BCUT2D eigenvalue weighted by Crippen LogP contribution is -2.25. The highest BCUT2D eigenvalue weighted by Gasteiger charge is 2.10. The number of anilines is 1. The Morgan fingerprint density at radius 3 is 2.94 bits per heavy atom. The van der Waals surface area contributed by atoms with Crippen LogP contribution in [0.25, 0.3) is 0 Å². The first-order valence-electron chi connectivity index (χ1n) is 5.10. The van der Waals surface area contributed by atoms with Gasteiger partial charge in [-0.25, -0.2) is 9.78 Å². The summed E-state index contributed by atoms with van der Waals surface area (Å²) in [6.45, 7) is 7.13. The van der Waals surface area contributed by atoms with Crippen molar-refractivity contribution in [2.45, 2.75) is 13.3 Å². The third-order valence-corrected chi connectivity index (χ3v) is 2.01. The normalized spacial score (nSPS) is 9.81. The summed E-state index contributed by atoms with van der Waals surface area (Å²) in [5.74, 6) is -0.494. The Kier molecular flexibility index (Phi) is 4.44. The van der Waals surface area contributed by atoms with E-state index in [-0.39, 0.29) is 5.69 Å². The van der Waals surface area contributed by atoms with E-state index in [0.717, 1.165) is 13.0 Å². The van der Waals surface area contributed by atoms with E-state index in [0.29, 0.717) is 12.4 Å². The molecule has 86 valence electrons. The van der Waals surface area contributed by atoms with Gasteiger partial charge in [0.15, 0.2) is 5.69 Å². The van der Waals surface area contributed by atoms with Gasteiger partial charge < -0.3 is 10.0 Å². The Morgan fingerprint density at radius 1 is 1.62 bits per heavy atom. The van der Waals surface area contributed by atoms with Crippen molar-refractivity contribution in [3.63, 3.8) is 0 Å². The molecular weight excluding hydrogens is 206 g/mol. The fraction of sp³-hybridized carbons (Fsp3) is 0.364. The molecule has 5 heteroatoms. The third kappa shape index (κ3) is 3.05. The highest BCUT2D eigenvalue weighted by atomic mass is 16.4. The molecule has 5 nitrogen and oxygen atoms in total. The molecule has 0 aliphatic carbocycles. The summed E-state index contributed by atoms with van der Waals surface area (Å²) in [4.78, 5) is 20.6. The molecule has 0 aliphatic rings. The summed E-state index contributed by atoms with van der Waals surface area (Å²) in [5.41, 5.74) is -0.0392. The Labute approximate surface area is 94.5 Å². The van der Waals surface area contributed by atoms with E-state index < -0.39 is 5.97 Å². The standard InChI is InChI=1S/C11H15N3O2/c1-3-5-14(6-4-2)10-8-12-7-9(13-10)11(15)16/h3,7-8H,1,4-6H2,2H3,(H,15,16). The Bertz CT molecular complexity index is 379. The molecule has 0 saturated heterocycles. The van der Waals surface area contributed by atoms with Crippen LogP contribution in [0.15, 0.2) is 25.0 Å². The third-order valence-electron chi connectivity index (χ3n) is 2.01. The molecule has 1 aromatic heterocycles. The number of aromatic nitrogens is 2. The van der Waals surface area contributed by atoms with Gasteiger partial charge in [-0.3, -0.25) is 4.98 Å². The zero-order valence-corrected chi connectivity index (χ0v) is 9.26. The Hall–Kier alpha value is -1.91. The first kappa shape index (κ1) is 12.2. The predicted octanol–water partition coefficient (Wildman–Crippen LogP) is 1.58. The van der Waals surface area contributed by atoms with Crippen molar-refractivity contribution < 1.29 is 9.90 Å². The molecule has 1 N–H and O–H groups in total. The second kappa shape index (κ2) is 5.85. The van der Waals surface area contributed by atoms with E-state index in [2.05, 4.69) is 16.5 Å². The summed E-state index contributed by atoms with van der Waals surface area (Å²) in [7, 11) is 0. The number of aromatic carboxylic acids is 1. The fourth-order valence-corrected chi connectivity index (χ4v) is 1.34. The first-order valence-corrected chi connectivity index (χ1v) is 5.10. The van der Waals surface area contributed by atoms with Crippen molar-refractivity contribution in [1.29, 1.82) is 0 Å². The van der Waals surface area contributed by atoms with Crippen molar-refractivity contribution in [3.05, 3.63) is 30.7 Å². The number of nitrogens with zero attached hydrogens (tertiary/aromatic N) is 3. The van der Waals surface area contributed by atoms with Crippen molar-refractivity contribution in [2.24, 2.45) is 0 Å². The van der Waals surface area contributed by atoms with E-state index in [1.807, 2.05) is 11.8 Å². The van der Waals surface area contributed by atoms with Gasteiger partial charge in [-0.15, -0.1) is 6.58 Å². The molecule has 0 bridgehead atoms. The van der Waals surface area contributed by atoms with Crippen LogP contribution in [-0.2, 0) is 0 Å². The number of carboxylic acid groups (broad SMARTS) is 1. The van der Waals surface area contributed by atoms with E-state index in [4.69, 9.17) is 5.11 Å². The van der Waals surface area contributed by atoms with Gasteiger partial charge in [-0.05, 0) is 6.42 Å². The second-order valence-corrected chi connectivity index (χ2v) is 3.30. The van der Waals surface area contributed by atoms with Gasteiger partial charge in [-0.1, -0.05) is 13.0 Å². The van der Waals surface area contributed by atoms with Crippen molar-refractivity contribution in [3.8, 4) is 0 Å². The van der Waals surface area contributed by atoms with Crippen LogP contribution in [0.4, 0.5) is 5.82 Å². The van der Waals surface area contributed by atoms with Crippen LogP contribution in [0.2, 0.25) is 0 Å². The molecule has 1 rings (SSSR count). The molecule has 0 unspecified atom stereocenters. The molecule has 0 atom stereocenters. The molecule has 0 fully saturated rings. The van der Waals surface area contributed by atoms with Gasteiger partial charge in [-0.2, -0.15) is 0 Å². The van der Waals surface area contributed by atoms with Gasteiger partial charge in [0.05, 0.1) is 12.4 Å². The van der Waals surface area contributed by atoms with Crippen LogP contribution < -0.4 is 4.90 Å². The summed E-state index contributed by atoms with van der Waals surface area (Å²) >= 11 is 0. The smallest absolute Gasteiger partial charge is 0.356 e. The van der Waals surface area contributed by atoms with Gasteiger partial charge >= 0.3 is 5.97 Å². The van der Waals surface area contributed by atoms with Crippen LogP contribution in [0, 0.1) is 0 Å². The molecule has 1 heterocycles. The maximum absolute atomic E-state index is 10.8. The first-order chi connectivity index (χ1) is 7.69. The molecule has 0 spiro atoms. The molecule has 0 aliphatic heterocycles. The molecule has 0 radical (unpaired) electrons. The molecule has 16 heavy (non-hydrogen) atoms. The summed E-state index contributed by atoms with van der Waals surface area (Å²) in [5, 5.41) is 8.81. The van der Waals surface area contributed by atoms with E-state index in [1.54, 1.807) is 12.3 Å². The molecule has 1 aromatic rings. The minimum Gasteiger partial charge on any atom is -0.476 e. The number of carbonyl (C=O) groups is 1. The lowest BCUT2D eigenvalue weighted by molar-refractivity contribution is 0.0690. The zero-order valence-electron chi connectivity index (χ0n) is 9.26. The molecule has 0 aromatic carbocycles. The van der Waals surface area contributed by atoms with Crippen LogP contribution >= 0.6 is 0 Å². The second-order valence-electron chi connectivity index (χ2n) is 3.30. The molecule has 0 amide bonds. The zero-order chi connectivity index (χ0) is 12.0. The number of rotatable bonds is 6. The maximum atomic E-state index is 10.8. The van der Waals surface area contributed by atoms with Gasteiger partial charge in [0.25, 0.3) is 0 Å². The topological polar surface area (TPSA) is 66.3 Å². The Morgan fingerprint density at radius 2 is 2.38 bits per heavy atom. The average molecular weight is 221 g/mol. The SMILES string of the molecule is C=CCN(CCC)c1cncc(C(=O)O)n1. The highest BCUT2D eigenvalue weighted by molar-refractivity contribution is 5.85. The minimum atomic E-state index is -1.07.